The summed E-state index contributed by atoms with van der Waals surface area (Å²) in [7, 11) is 0. The van der Waals surface area contributed by atoms with Gasteiger partial charge in [0.25, 0.3) is 0 Å². The van der Waals surface area contributed by atoms with E-state index >= 15 is 0 Å². The van der Waals surface area contributed by atoms with Crippen molar-refractivity contribution in [3.63, 3.8) is 0 Å². The van der Waals surface area contributed by atoms with Gasteiger partial charge in [-0.1, -0.05) is 11.3 Å². The molecule has 4 nitrogen and oxygen atoms in total. The van der Waals surface area contributed by atoms with E-state index in [1.807, 2.05) is 6.07 Å². The standard InChI is InChI=1S/C7H6ClN3OS/c8-6-2-1-5(12-6)3-9-7-11-10-4-13-7/h1-2,4H,3H2,(H,9,11). The van der Waals surface area contributed by atoms with Crippen molar-refractivity contribution < 1.29 is 4.42 Å². The minimum Gasteiger partial charge on any atom is -0.448 e. The van der Waals surface area contributed by atoms with E-state index in [9.17, 15) is 0 Å². The Balaban J connectivity index is 1.93. The molecule has 0 atom stereocenters. The molecule has 2 rings (SSSR count). The number of hydrogen-bond acceptors (Lipinski definition) is 5. The first-order chi connectivity index (χ1) is 6.34. The maximum Gasteiger partial charge on any atom is 0.205 e. The number of anilines is 1. The summed E-state index contributed by atoms with van der Waals surface area (Å²) in [6, 6.07) is 3.52. The Morgan fingerprint density at radius 2 is 2.46 bits per heavy atom. The molecule has 0 aliphatic carbocycles. The van der Waals surface area contributed by atoms with E-state index in [1.165, 1.54) is 11.3 Å². The predicted octanol–water partition coefficient (Wildman–Crippen LogP) is 2.40. The van der Waals surface area contributed by atoms with Crippen molar-refractivity contribution in [1.82, 2.24) is 10.2 Å². The van der Waals surface area contributed by atoms with Crippen molar-refractivity contribution in [1.29, 1.82) is 0 Å². The third-order valence-electron chi connectivity index (χ3n) is 1.40. The van der Waals surface area contributed by atoms with Crippen LogP contribution in [0.15, 0.2) is 22.1 Å². The van der Waals surface area contributed by atoms with Gasteiger partial charge in [0, 0.05) is 0 Å². The molecule has 0 aromatic carbocycles. The summed E-state index contributed by atoms with van der Waals surface area (Å²) in [4.78, 5) is 0. The van der Waals surface area contributed by atoms with Crippen LogP contribution in [0.2, 0.25) is 5.22 Å². The van der Waals surface area contributed by atoms with Gasteiger partial charge in [-0.15, -0.1) is 10.2 Å². The van der Waals surface area contributed by atoms with Crippen molar-refractivity contribution >= 4 is 28.1 Å². The number of hydrogen-bond donors (Lipinski definition) is 1. The second-order valence-corrected chi connectivity index (χ2v) is 3.51. The normalized spacial score (nSPS) is 10.2. The van der Waals surface area contributed by atoms with Gasteiger partial charge >= 0.3 is 0 Å². The van der Waals surface area contributed by atoms with Crippen molar-refractivity contribution in [2.75, 3.05) is 5.32 Å². The molecule has 0 unspecified atom stereocenters. The average Bonchev–Trinajstić information content (AvgIpc) is 2.71. The third-order valence-corrected chi connectivity index (χ3v) is 2.25. The first-order valence-electron chi connectivity index (χ1n) is 3.59. The van der Waals surface area contributed by atoms with Gasteiger partial charge in [0.15, 0.2) is 5.22 Å². The van der Waals surface area contributed by atoms with Gasteiger partial charge in [-0.2, -0.15) is 0 Å². The molecule has 1 N–H and O–H groups in total. The number of halogens is 1. The summed E-state index contributed by atoms with van der Waals surface area (Å²) in [5.41, 5.74) is 1.66. The molecule has 0 saturated heterocycles. The Labute approximate surface area is 83.5 Å². The zero-order chi connectivity index (χ0) is 9.10. The molecule has 2 aromatic rings. The van der Waals surface area contributed by atoms with Crippen molar-refractivity contribution in [3.05, 3.63) is 28.6 Å². The number of nitrogens with one attached hydrogen (secondary N) is 1. The number of aromatic nitrogens is 2. The van der Waals surface area contributed by atoms with Gasteiger partial charge in [0.2, 0.25) is 5.13 Å². The van der Waals surface area contributed by atoms with Gasteiger partial charge in [-0.05, 0) is 23.7 Å². The lowest BCUT2D eigenvalue weighted by atomic mass is 10.4. The van der Waals surface area contributed by atoms with Crippen molar-refractivity contribution in [3.8, 4) is 0 Å². The SMILES string of the molecule is Clc1ccc(CNc2nncs2)o1. The summed E-state index contributed by atoms with van der Waals surface area (Å²) in [6.07, 6.45) is 0. The zero-order valence-corrected chi connectivity index (χ0v) is 8.10. The van der Waals surface area contributed by atoms with Crippen LogP contribution < -0.4 is 5.32 Å². The summed E-state index contributed by atoms with van der Waals surface area (Å²) < 4.78 is 5.14. The van der Waals surface area contributed by atoms with Gasteiger partial charge in [0.05, 0.1) is 6.54 Å². The second kappa shape index (κ2) is 3.76. The van der Waals surface area contributed by atoms with E-state index in [0.717, 1.165) is 10.9 Å². The molecular weight excluding hydrogens is 210 g/mol. The maximum absolute atomic E-state index is 5.60. The van der Waals surface area contributed by atoms with Crippen LogP contribution in [0.5, 0.6) is 0 Å². The molecule has 0 aliphatic heterocycles. The molecular formula is C7H6ClN3OS. The van der Waals surface area contributed by atoms with Gasteiger partial charge < -0.3 is 9.73 Å². The van der Waals surface area contributed by atoms with Crippen LogP contribution in [0.4, 0.5) is 5.13 Å². The molecule has 13 heavy (non-hydrogen) atoms. The Bertz CT molecular complexity index is 373. The van der Waals surface area contributed by atoms with E-state index in [-0.39, 0.29) is 0 Å². The van der Waals surface area contributed by atoms with Crippen LogP contribution in [0.1, 0.15) is 5.76 Å². The summed E-state index contributed by atoms with van der Waals surface area (Å²) in [5.74, 6) is 0.778. The summed E-state index contributed by atoms with van der Waals surface area (Å²) >= 11 is 7.04. The molecule has 2 aromatic heterocycles. The number of nitrogens with zero attached hydrogens (tertiary/aromatic N) is 2. The fourth-order valence-electron chi connectivity index (χ4n) is 0.860. The number of furan rings is 1. The summed E-state index contributed by atoms with van der Waals surface area (Å²) in [5, 5.41) is 11.7. The maximum atomic E-state index is 5.60. The molecule has 68 valence electrons. The highest BCUT2D eigenvalue weighted by molar-refractivity contribution is 7.13. The Hall–Kier alpha value is -1.07. The first-order valence-corrected chi connectivity index (χ1v) is 4.84. The zero-order valence-electron chi connectivity index (χ0n) is 6.53. The lowest BCUT2D eigenvalue weighted by Crippen LogP contribution is -1.97. The monoisotopic (exact) mass is 215 g/mol. The predicted molar refractivity (Wildman–Crippen MR) is 51.0 cm³/mol. The topological polar surface area (TPSA) is 51.0 Å². The molecule has 0 spiro atoms. The van der Waals surface area contributed by atoms with Crippen molar-refractivity contribution in [2.45, 2.75) is 6.54 Å². The molecule has 0 bridgehead atoms. The van der Waals surface area contributed by atoms with Gasteiger partial charge in [0.1, 0.15) is 11.3 Å². The van der Waals surface area contributed by atoms with E-state index in [0.29, 0.717) is 11.8 Å². The van der Waals surface area contributed by atoms with E-state index in [4.69, 9.17) is 16.0 Å². The molecule has 0 aliphatic rings. The minimum atomic E-state index is 0.397. The lowest BCUT2D eigenvalue weighted by Gasteiger charge is -1.96. The first kappa shape index (κ1) is 8.52. The largest absolute Gasteiger partial charge is 0.448 e. The third kappa shape index (κ3) is 2.19. The van der Waals surface area contributed by atoms with Gasteiger partial charge in [-0.3, -0.25) is 0 Å². The highest BCUT2D eigenvalue weighted by Gasteiger charge is 2.00. The molecule has 0 saturated carbocycles. The van der Waals surface area contributed by atoms with Crippen molar-refractivity contribution in [2.24, 2.45) is 0 Å². The smallest absolute Gasteiger partial charge is 0.205 e. The second-order valence-electron chi connectivity index (χ2n) is 2.30. The van der Waals surface area contributed by atoms with Crippen LogP contribution in [-0.2, 0) is 6.54 Å². The molecule has 2 heterocycles. The minimum absolute atomic E-state index is 0.397. The van der Waals surface area contributed by atoms with Gasteiger partial charge in [-0.25, -0.2) is 0 Å². The fraction of sp³-hybridized carbons (Fsp3) is 0.143. The molecule has 0 fully saturated rings. The molecule has 0 radical (unpaired) electrons. The lowest BCUT2D eigenvalue weighted by molar-refractivity contribution is 0.520. The Morgan fingerprint density at radius 1 is 1.54 bits per heavy atom. The highest BCUT2D eigenvalue weighted by atomic mass is 35.5. The van der Waals surface area contributed by atoms with E-state index in [1.54, 1.807) is 11.6 Å². The fourth-order valence-corrected chi connectivity index (χ4v) is 1.47. The van der Waals surface area contributed by atoms with Crippen LogP contribution in [0, 0.1) is 0 Å². The average molecular weight is 216 g/mol. The van der Waals surface area contributed by atoms with Crippen LogP contribution in [0.3, 0.4) is 0 Å². The molecule has 6 heteroatoms. The quantitative estimate of drug-likeness (QED) is 0.854. The number of rotatable bonds is 3. The Morgan fingerprint density at radius 3 is 3.08 bits per heavy atom. The molecule has 0 amide bonds. The van der Waals surface area contributed by atoms with Crippen LogP contribution in [-0.4, -0.2) is 10.2 Å². The van der Waals surface area contributed by atoms with Crippen LogP contribution >= 0.6 is 22.9 Å². The highest BCUT2D eigenvalue weighted by Crippen LogP contribution is 2.15. The van der Waals surface area contributed by atoms with E-state index in [2.05, 4.69) is 15.5 Å². The van der Waals surface area contributed by atoms with E-state index < -0.39 is 0 Å². The van der Waals surface area contributed by atoms with Crippen LogP contribution in [0.25, 0.3) is 0 Å². The Kier molecular flexibility index (Phi) is 2.47. The summed E-state index contributed by atoms with van der Waals surface area (Å²) in [6.45, 7) is 0.571.